The molecule has 0 aliphatic carbocycles. The molecule has 0 saturated heterocycles. The molecule has 1 amide bonds. The van der Waals surface area contributed by atoms with Crippen molar-refractivity contribution in [2.24, 2.45) is 5.73 Å². The minimum Gasteiger partial charge on any atom is -0.475 e. The van der Waals surface area contributed by atoms with Gasteiger partial charge in [-0.25, -0.2) is 14.6 Å². The van der Waals surface area contributed by atoms with Crippen molar-refractivity contribution in [2.75, 3.05) is 17.2 Å². The number of hydrogen-bond donors (Lipinski definition) is 6. The molecule has 11 nitrogen and oxygen atoms in total. The van der Waals surface area contributed by atoms with Crippen molar-refractivity contribution in [2.45, 2.75) is 24.8 Å². The molecule has 0 saturated carbocycles. The number of benzene rings is 2. The first kappa shape index (κ1) is 36.2. The van der Waals surface area contributed by atoms with Crippen molar-refractivity contribution in [3.05, 3.63) is 90.1 Å². The first-order valence-corrected chi connectivity index (χ1v) is 14.7. The number of carbonyl (C=O) groups excluding carboxylic acids is 1. The van der Waals surface area contributed by atoms with E-state index in [0.29, 0.717) is 17.9 Å². The lowest BCUT2D eigenvalue weighted by molar-refractivity contribution is -0.193. The molecule has 0 fully saturated rings. The minimum atomic E-state index is -5.08. The molecule has 258 valence electrons. The topological polar surface area (TPSA) is 184 Å². The second kappa shape index (κ2) is 15.1. The lowest BCUT2D eigenvalue weighted by atomic mass is 10.0. The summed E-state index contributed by atoms with van der Waals surface area (Å²) in [5, 5.41) is 22.6. The lowest BCUT2D eigenvalue weighted by Gasteiger charge is -2.11. The zero-order chi connectivity index (χ0) is 35.9. The summed E-state index contributed by atoms with van der Waals surface area (Å²) in [7, 11) is 0. The monoisotopic (exact) mass is 709 g/mol. The standard InChI is InChI=1S/C27H23N5O2S.2C2HF3O2/c28-18(10-17-13-29-23-6-2-1-5-20(17)23)14-30-27-31-15-25(35-27)16-7-8-24-21(11-16)22(26(33)32-24)12-19-4-3-9-34-19;2*3-2(4,5)1(6)7/h1-9,11-13,15,18,29H,10,14,28H2,(H,30,31)(H,32,33);2*(H,6,7)/b22-12+;;/t18-;;/m0../s1. The van der Waals surface area contributed by atoms with Crippen LogP contribution < -0.4 is 16.4 Å². The van der Waals surface area contributed by atoms with Gasteiger partial charge in [0, 0.05) is 47.1 Å². The van der Waals surface area contributed by atoms with Gasteiger partial charge < -0.3 is 36.0 Å². The van der Waals surface area contributed by atoms with Crippen molar-refractivity contribution in [3.63, 3.8) is 0 Å². The zero-order valence-electron chi connectivity index (χ0n) is 24.7. The van der Waals surface area contributed by atoms with E-state index in [4.69, 9.17) is 30.0 Å². The fourth-order valence-electron chi connectivity index (χ4n) is 4.36. The van der Waals surface area contributed by atoms with Gasteiger partial charge >= 0.3 is 24.3 Å². The number of halogens is 6. The number of aromatic amines is 1. The predicted octanol–water partition coefficient (Wildman–Crippen LogP) is 6.63. The van der Waals surface area contributed by atoms with Crippen molar-refractivity contribution >= 4 is 62.6 Å². The van der Waals surface area contributed by atoms with Crippen LogP contribution in [0.3, 0.4) is 0 Å². The molecule has 1 aliphatic rings. The third-order valence-electron chi connectivity index (χ3n) is 6.58. The van der Waals surface area contributed by atoms with E-state index in [2.05, 4.69) is 32.7 Å². The van der Waals surface area contributed by atoms with Crippen LogP contribution in [0.4, 0.5) is 37.2 Å². The van der Waals surface area contributed by atoms with E-state index >= 15 is 0 Å². The van der Waals surface area contributed by atoms with Crippen LogP contribution in [-0.4, -0.2) is 63.0 Å². The number of alkyl halides is 6. The summed E-state index contributed by atoms with van der Waals surface area (Å²) in [6, 6.07) is 17.8. The van der Waals surface area contributed by atoms with Crippen molar-refractivity contribution in [1.82, 2.24) is 9.97 Å². The van der Waals surface area contributed by atoms with E-state index in [9.17, 15) is 31.1 Å². The molecule has 7 N–H and O–H groups in total. The third kappa shape index (κ3) is 9.71. The average Bonchev–Trinajstić information content (AvgIpc) is 3.84. The van der Waals surface area contributed by atoms with Crippen LogP contribution in [0, 0.1) is 0 Å². The highest BCUT2D eigenvalue weighted by Gasteiger charge is 2.39. The van der Waals surface area contributed by atoms with Crippen LogP contribution in [0.25, 0.3) is 33.0 Å². The van der Waals surface area contributed by atoms with Gasteiger partial charge in [-0.05, 0) is 54.0 Å². The number of nitrogens with zero attached hydrogens (tertiary/aromatic N) is 1. The number of H-pyrrole nitrogens is 1. The molecule has 0 bridgehead atoms. The van der Waals surface area contributed by atoms with E-state index in [-0.39, 0.29) is 11.9 Å². The van der Waals surface area contributed by atoms with E-state index in [0.717, 1.165) is 38.8 Å². The average molecular weight is 710 g/mol. The van der Waals surface area contributed by atoms with Crippen LogP contribution >= 0.6 is 11.3 Å². The smallest absolute Gasteiger partial charge is 0.475 e. The molecule has 1 atom stereocenters. The number of furan rings is 1. The molecule has 0 spiro atoms. The number of aromatic nitrogens is 2. The Kier molecular flexibility index (Phi) is 11.1. The number of carbonyl (C=O) groups is 3. The van der Waals surface area contributed by atoms with Gasteiger partial charge in [0.1, 0.15) is 5.76 Å². The molecule has 4 heterocycles. The number of rotatable bonds is 7. The van der Waals surface area contributed by atoms with Gasteiger partial charge in [-0.1, -0.05) is 35.6 Å². The quantitative estimate of drug-likeness (QED) is 0.0798. The number of hydrogen-bond acceptors (Lipinski definition) is 8. The van der Waals surface area contributed by atoms with Gasteiger partial charge in [-0.2, -0.15) is 26.3 Å². The molecule has 2 aromatic carbocycles. The number of anilines is 2. The number of carboxylic acid groups (broad SMARTS) is 2. The second-order valence-corrected chi connectivity index (χ2v) is 11.2. The van der Waals surface area contributed by atoms with Crippen LogP contribution in [0.2, 0.25) is 0 Å². The largest absolute Gasteiger partial charge is 0.490 e. The van der Waals surface area contributed by atoms with E-state index in [1.165, 1.54) is 10.9 Å². The second-order valence-electron chi connectivity index (χ2n) is 10.1. The summed E-state index contributed by atoms with van der Waals surface area (Å²) in [5.74, 6) is -5.01. The normalized spacial score (nSPS) is 13.9. The molecule has 1 aliphatic heterocycles. The molecular weight excluding hydrogens is 684 g/mol. The third-order valence-corrected chi connectivity index (χ3v) is 7.58. The summed E-state index contributed by atoms with van der Waals surface area (Å²) >= 11 is 1.56. The Morgan fingerprint density at radius 2 is 1.69 bits per heavy atom. The summed E-state index contributed by atoms with van der Waals surface area (Å²) in [6.07, 6.45) is -2.16. The maximum atomic E-state index is 12.5. The first-order chi connectivity index (χ1) is 23.0. The van der Waals surface area contributed by atoms with E-state index in [1.54, 1.807) is 29.7 Å². The number of thiazole rings is 1. The number of fused-ring (bicyclic) bond motifs is 2. The van der Waals surface area contributed by atoms with E-state index in [1.807, 2.05) is 48.8 Å². The number of carboxylic acids is 2. The zero-order valence-corrected chi connectivity index (χ0v) is 25.5. The first-order valence-electron chi connectivity index (χ1n) is 13.8. The lowest BCUT2D eigenvalue weighted by Crippen LogP contribution is -2.31. The van der Waals surface area contributed by atoms with Crippen molar-refractivity contribution in [1.29, 1.82) is 0 Å². The number of amides is 1. The highest BCUT2D eigenvalue weighted by molar-refractivity contribution is 7.18. The van der Waals surface area contributed by atoms with Gasteiger partial charge in [0.05, 0.1) is 16.7 Å². The Morgan fingerprint density at radius 1 is 1.02 bits per heavy atom. The summed E-state index contributed by atoms with van der Waals surface area (Å²) in [4.78, 5) is 39.1. The fourth-order valence-corrected chi connectivity index (χ4v) is 5.18. The molecular formula is C31H25F6N5O6S. The molecule has 0 unspecified atom stereocenters. The number of para-hydroxylation sites is 1. The molecule has 6 rings (SSSR count). The van der Waals surface area contributed by atoms with Crippen LogP contribution in [0.1, 0.15) is 16.9 Å². The van der Waals surface area contributed by atoms with Gasteiger partial charge in [0.15, 0.2) is 5.13 Å². The Labute approximate surface area is 276 Å². The predicted molar refractivity (Wildman–Crippen MR) is 169 cm³/mol. The highest BCUT2D eigenvalue weighted by atomic mass is 32.1. The Morgan fingerprint density at radius 3 is 2.33 bits per heavy atom. The maximum absolute atomic E-state index is 12.5. The number of nitrogens with two attached hydrogens (primary N) is 1. The van der Waals surface area contributed by atoms with Crippen LogP contribution in [-0.2, 0) is 20.8 Å². The summed E-state index contributed by atoms with van der Waals surface area (Å²) in [6.45, 7) is 0.616. The Bertz CT molecular complexity index is 1940. The minimum absolute atomic E-state index is 0.0482. The number of nitrogens with one attached hydrogen (secondary N) is 3. The van der Waals surface area contributed by atoms with Gasteiger partial charge in [-0.15, -0.1) is 0 Å². The molecule has 5 aromatic rings. The highest BCUT2D eigenvalue weighted by Crippen LogP contribution is 2.38. The van der Waals surface area contributed by atoms with Gasteiger partial charge in [0.25, 0.3) is 5.91 Å². The Hall–Kier alpha value is -5.62. The van der Waals surface area contributed by atoms with Gasteiger partial charge in [-0.3, -0.25) is 4.79 Å². The SMILES string of the molecule is N[C@H](CNc1ncc(-c2ccc3c(c2)/C(=C\c2ccco2)C(=O)N3)s1)Cc1c[nH]c2ccccc12.O=C(O)C(F)(F)F.O=C(O)C(F)(F)F. The maximum Gasteiger partial charge on any atom is 0.490 e. The van der Waals surface area contributed by atoms with Gasteiger partial charge in [0.2, 0.25) is 0 Å². The summed E-state index contributed by atoms with van der Waals surface area (Å²) < 4.78 is 68.9. The van der Waals surface area contributed by atoms with Crippen LogP contribution in [0.5, 0.6) is 0 Å². The Balaban J connectivity index is 0.000000327. The molecule has 18 heteroatoms. The van der Waals surface area contributed by atoms with Crippen molar-refractivity contribution < 1.29 is 55.4 Å². The molecule has 0 radical (unpaired) electrons. The van der Waals surface area contributed by atoms with Crippen molar-refractivity contribution in [3.8, 4) is 10.4 Å². The number of aliphatic carboxylic acids is 2. The molecule has 3 aromatic heterocycles. The molecule has 49 heavy (non-hydrogen) atoms. The fraction of sp³-hybridized carbons (Fsp3) is 0.161. The summed E-state index contributed by atoms with van der Waals surface area (Å²) in [5.41, 5.74) is 12.0. The van der Waals surface area contributed by atoms with E-state index < -0.39 is 24.3 Å². The van der Waals surface area contributed by atoms with Crippen LogP contribution in [0.15, 0.2) is 77.7 Å².